The van der Waals surface area contributed by atoms with Gasteiger partial charge in [0.2, 0.25) is 5.91 Å². The molecule has 5 aromatic rings. The van der Waals surface area contributed by atoms with Gasteiger partial charge in [0, 0.05) is 23.6 Å². The van der Waals surface area contributed by atoms with Crippen LogP contribution in [0.2, 0.25) is 0 Å². The number of aromatic nitrogens is 3. The molecule has 0 saturated carbocycles. The minimum absolute atomic E-state index is 0.123. The van der Waals surface area contributed by atoms with Crippen LogP contribution >= 0.6 is 0 Å². The third kappa shape index (κ3) is 5.92. The molecule has 0 atom stereocenters. The van der Waals surface area contributed by atoms with Gasteiger partial charge in [-0.05, 0) is 73.2 Å². The van der Waals surface area contributed by atoms with Gasteiger partial charge in [0.15, 0.2) is 0 Å². The van der Waals surface area contributed by atoms with Gasteiger partial charge in [-0.15, -0.1) is 0 Å². The second-order valence-corrected chi connectivity index (χ2v) is 8.80. The van der Waals surface area contributed by atoms with Crippen LogP contribution in [-0.2, 0) is 11.3 Å². The summed E-state index contributed by atoms with van der Waals surface area (Å²) in [5.74, 6) is 1.88. The lowest BCUT2D eigenvalue weighted by molar-refractivity contribution is -0.116. The van der Waals surface area contributed by atoms with Crippen LogP contribution in [0.1, 0.15) is 19.8 Å². The number of amides is 1. The first kappa shape index (κ1) is 24.8. The Labute approximate surface area is 220 Å². The van der Waals surface area contributed by atoms with Crippen LogP contribution in [0.3, 0.4) is 0 Å². The summed E-state index contributed by atoms with van der Waals surface area (Å²) in [4.78, 5) is 25.7. The molecule has 2 aromatic heterocycles. The Hall–Kier alpha value is -4.85. The van der Waals surface area contributed by atoms with Crippen molar-refractivity contribution < 1.29 is 14.3 Å². The normalized spacial score (nSPS) is 10.9. The number of para-hydroxylation sites is 1. The van der Waals surface area contributed by atoms with Crippen LogP contribution in [0.25, 0.3) is 16.8 Å². The molecule has 3 aromatic carbocycles. The molecule has 0 radical (unpaired) electrons. The van der Waals surface area contributed by atoms with Gasteiger partial charge in [-0.1, -0.05) is 31.5 Å². The van der Waals surface area contributed by atoms with Crippen molar-refractivity contribution in [3.8, 4) is 28.5 Å². The number of fused-ring (bicyclic) bond motifs is 1. The molecule has 0 saturated heterocycles. The Morgan fingerprint density at radius 2 is 1.61 bits per heavy atom. The maximum Gasteiger partial charge on any atom is 0.277 e. The summed E-state index contributed by atoms with van der Waals surface area (Å²) in [5.41, 5.74) is 2.24. The first-order valence-electron chi connectivity index (χ1n) is 12.5. The first-order valence-corrected chi connectivity index (χ1v) is 12.5. The highest BCUT2D eigenvalue weighted by atomic mass is 16.5. The molecule has 0 aliphatic rings. The highest BCUT2D eigenvalue weighted by Gasteiger charge is 2.12. The van der Waals surface area contributed by atoms with E-state index < -0.39 is 0 Å². The van der Waals surface area contributed by atoms with Crippen LogP contribution in [0.4, 0.5) is 5.69 Å². The van der Waals surface area contributed by atoms with Gasteiger partial charge >= 0.3 is 0 Å². The van der Waals surface area contributed by atoms with Crippen molar-refractivity contribution >= 4 is 17.1 Å². The smallest absolute Gasteiger partial charge is 0.277 e. The van der Waals surface area contributed by atoms with E-state index in [2.05, 4.69) is 17.3 Å². The lowest BCUT2D eigenvalue weighted by Gasteiger charge is -2.09. The SMILES string of the molecule is CCCCOc1ccc(-c2cc3c(=O)n(CC(=O)Nc4ccc(Oc5ccccc5)cc4)ccn3n2)cc1. The predicted molar refractivity (Wildman–Crippen MR) is 147 cm³/mol. The van der Waals surface area contributed by atoms with Crippen molar-refractivity contribution in [2.45, 2.75) is 26.3 Å². The third-order valence-corrected chi connectivity index (χ3v) is 5.95. The second kappa shape index (κ2) is 11.5. The summed E-state index contributed by atoms with van der Waals surface area (Å²) >= 11 is 0. The zero-order valence-electron chi connectivity index (χ0n) is 21.0. The molecule has 0 unspecified atom stereocenters. The minimum atomic E-state index is -0.313. The lowest BCUT2D eigenvalue weighted by atomic mass is 10.1. The van der Waals surface area contributed by atoms with E-state index in [0.717, 1.165) is 29.9 Å². The van der Waals surface area contributed by atoms with Gasteiger partial charge in [-0.3, -0.25) is 9.59 Å². The molecule has 0 aliphatic heterocycles. The Morgan fingerprint density at radius 3 is 2.34 bits per heavy atom. The van der Waals surface area contributed by atoms with E-state index in [-0.39, 0.29) is 18.0 Å². The van der Waals surface area contributed by atoms with Crippen molar-refractivity contribution in [3.05, 3.63) is 108 Å². The van der Waals surface area contributed by atoms with Crippen molar-refractivity contribution in [1.82, 2.24) is 14.2 Å². The van der Waals surface area contributed by atoms with Crippen molar-refractivity contribution in [2.24, 2.45) is 0 Å². The fourth-order valence-corrected chi connectivity index (χ4v) is 3.93. The van der Waals surface area contributed by atoms with Gasteiger partial charge in [0.1, 0.15) is 29.3 Å². The molecule has 8 nitrogen and oxygen atoms in total. The number of benzene rings is 3. The van der Waals surface area contributed by atoms with Gasteiger partial charge in [0.25, 0.3) is 5.56 Å². The molecule has 0 aliphatic carbocycles. The Kier molecular flexibility index (Phi) is 7.49. The molecule has 0 fully saturated rings. The number of ether oxygens (including phenoxy) is 2. The second-order valence-electron chi connectivity index (χ2n) is 8.80. The van der Waals surface area contributed by atoms with Gasteiger partial charge in [0.05, 0.1) is 12.3 Å². The average molecular weight is 509 g/mol. The molecule has 0 spiro atoms. The predicted octanol–water partition coefficient (Wildman–Crippen LogP) is 5.77. The maximum absolute atomic E-state index is 13.1. The topological polar surface area (TPSA) is 86.9 Å². The quantitative estimate of drug-likeness (QED) is 0.242. The number of rotatable bonds is 10. The molecule has 8 heteroatoms. The van der Waals surface area contributed by atoms with Crippen LogP contribution in [0.5, 0.6) is 17.2 Å². The van der Waals surface area contributed by atoms with Crippen molar-refractivity contribution in [1.29, 1.82) is 0 Å². The number of unbranched alkanes of at least 4 members (excludes halogenated alkanes) is 1. The Morgan fingerprint density at radius 1 is 0.895 bits per heavy atom. The number of carbonyl (C=O) groups is 1. The monoisotopic (exact) mass is 508 g/mol. The van der Waals surface area contributed by atoms with Crippen LogP contribution in [0, 0.1) is 0 Å². The molecule has 1 N–H and O–H groups in total. The van der Waals surface area contributed by atoms with Crippen LogP contribution in [0.15, 0.2) is 102 Å². The number of hydrogen-bond donors (Lipinski definition) is 1. The Bertz CT molecular complexity index is 1570. The molecule has 38 heavy (non-hydrogen) atoms. The molecular formula is C30H28N4O4. The number of nitrogens with one attached hydrogen (secondary N) is 1. The molecule has 1 amide bonds. The largest absolute Gasteiger partial charge is 0.494 e. The summed E-state index contributed by atoms with van der Waals surface area (Å²) in [6.07, 6.45) is 5.32. The zero-order chi connectivity index (χ0) is 26.3. The van der Waals surface area contributed by atoms with E-state index >= 15 is 0 Å². The van der Waals surface area contributed by atoms with Crippen molar-refractivity contribution in [2.75, 3.05) is 11.9 Å². The summed E-state index contributed by atoms with van der Waals surface area (Å²) in [5, 5.41) is 7.35. The summed E-state index contributed by atoms with van der Waals surface area (Å²) in [7, 11) is 0. The average Bonchev–Trinajstić information content (AvgIpc) is 3.38. The highest BCUT2D eigenvalue weighted by molar-refractivity contribution is 5.90. The fourth-order valence-electron chi connectivity index (χ4n) is 3.93. The standard InChI is InChI=1S/C30H28N4O4/c1-2-3-19-37-24-13-9-22(10-14-24)27-20-28-30(36)33(17-18-34(28)32-27)21-29(35)31-23-11-15-26(16-12-23)38-25-7-5-4-6-8-25/h4-18,20H,2-3,19,21H2,1H3,(H,31,35). The fraction of sp³-hybridized carbons (Fsp3) is 0.167. The van der Waals surface area contributed by atoms with Crippen LogP contribution in [-0.4, -0.2) is 26.7 Å². The van der Waals surface area contributed by atoms with Gasteiger partial charge in [-0.2, -0.15) is 5.10 Å². The van der Waals surface area contributed by atoms with E-state index in [4.69, 9.17) is 9.47 Å². The molecule has 192 valence electrons. The Balaban J connectivity index is 1.24. The highest BCUT2D eigenvalue weighted by Crippen LogP contribution is 2.23. The van der Waals surface area contributed by atoms with E-state index in [1.807, 2.05) is 54.6 Å². The molecule has 0 bridgehead atoms. The summed E-state index contributed by atoms with van der Waals surface area (Å²) < 4.78 is 14.4. The minimum Gasteiger partial charge on any atom is -0.494 e. The third-order valence-electron chi connectivity index (χ3n) is 5.95. The van der Waals surface area contributed by atoms with Gasteiger partial charge < -0.3 is 19.4 Å². The number of nitrogens with zero attached hydrogens (tertiary/aromatic N) is 3. The van der Waals surface area contributed by atoms with Crippen LogP contribution < -0.4 is 20.3 Å². The molecule has 2 heterocycles. The van der Waals surface area contributed by atoms with E-state index in [1.165, 1.54) is 9.08 Å². The van der Waals surface area contributed by atoms with E-state index in [1.54, 1.807) is 42.7 Å². The maximum atomic E-state index is 13.1. The van der Waals surface area contributed by atoms with E-state index in [0.29, 0.717) is 29.3 Å². The summed E-state index contributed by atoms with van der Waals surface area (Å²) in [6.45, 7) is 2.69. The number of hydrogen-bond acceptors (Lipinski definition) is 5. The van der Waals surface area contributed by atoms with Crippen molar-refractivity contribution in [3.63, 3.8) is 0 Å². The molecule has 5 rings (SSSR count). The lowest BCUT2D eigenvalue weighted by Crippen LogP contribution is -2.28. The number of carbonyl (C=O) groups excluding carboxylic acids is 1. The number of anilines is 1. The zero-order valence-corrected chi connectivity index (χ0v) is 21.0. The van der Waals surface area contributed by atoms with Gasteiger partial charge in [-0.25, -0.2) is 4.52 Å². The van der Waals surface area contributed by atoms with E-state index in [9.17, 15) is 9.59 Å². The first-order chi connectivity index (χ1) is 18.6. The summed E-state index contributed by atoms with van der Waals surface area (Å²) in [6, 6.07) is 25.9. The molecular weight excluding hydrogens is 480 g/mol.